The van der Waals surface area contributed by atoms with Crippen LogP contribution in [0.25, 0.3) is 10.9 Å². The van der Waals surface area contributed by atoms with Crippen molar-refractivity contribution in [2.75, 3.05) is 9.80 Å². The highest BCUT2D eigenvalue weighted by Gasteiger charge is 2.50. The molecule has 9 heteroatoms. The topological polar surface area (TPSA) is 41.4 Å². The van der Waals surface area contributed by atoms with Crippen molar-refractivity contribution in [1.82, 2.24) is 9.78 Å². The van der Waals surface area contributed by atoms with Crippen molar-refractivity contribution in [3.8, 4) is 0 Å². The molecular weight excluding hydrogens is 497 g/mol. The van der Waals surface area contributed by atoms with E-state index < -0.39 is 23.2 Å². The van der Waals surface area contributed by atoms with Gasteiger partial charge in [-0.3, -0.25) is 14.4 Å². The number of carbonyl (C=O) groups is 1. The Morgan fingerprint density at radius 2 is 1.68 bits per heavy atom. The normalized spacial score (nSPS) is 15.7. The fourth-order valence-electron chi connectivity index (χ4n) is 4.83. The minimum absolute atomic E-state index is 0.104. The van der Waals surface area contributed by atoms with E-state index in [1.165, 1.54) is 17.0 Å². The monoisotopic (exact) mass is 522 g/mol. The molecule has 5 nitrogen and oxygen atoms in total. The lowest BCUT2D eigenvalue weighted by Gasteiger charge is -2.29. The maximum absolute atomic E-state index is 13.7. The predicted octanol–water partition coefficient (Wildman–Crippen LogP) is 6.58. The summed E-state index contributed by atoms with van der Waals surface area (Å²) in [5.41, 5.74) is 1.11. The number of hydrogen-bond donors (Lipinski definition) is 0. The highest BCUT2D eigenvalue weighted by Crippen LogP contribution is 2.40. The van der Waals surface area contributed by atoms with Crippen LogP contribution in [0.3, 0.4) is 0 Å². The van der Waals surface area contributed by atoms with E-state index in [1.807, 2.05) is 53.2 Å². The van der Waals surface area contributed by atoms with Gasteiger partial charge in [0.15, 0.2) is 5.11 Å². The van der Waals surface area contributed by atoms with Crippen LogP contribution in [0.2, 0.25) is 0 Å². The van der Waals surface area contributed by atoms with Gasteiger partial charge in [0.05, 0.1) is 29.5 Å². The molecule has 0 saturated carbocycles. The first-order valence-corrected chi connectivity index (χ1v) is 12.3. The molecule has 5 rings (SSSR count). The Bertz CT molecular complexity index is 1510. The summed E-state index contributed by atoms with van der Waals surface area (Å²) in [6.45, 7) is 5.71. The SMILES string of the molecule is CCc1ccc(N2C(=O)C(C)(C)N(c3ccc4c(cnn4Cc4ccccc4)c3)C2=S)cc1C(F)(F)F. The van der Waals surface area contributed by atoms with Crippen LogP contribution in [0.4, 0.5) is 24.5 Å². The molecule has 4 aromatic rings. The first kappa shape index (κ1) is 25.0. The number of rotatable bonds is 5. The van der Waals surface area contributed by atoms with Gasteiger partial charge in [0.25, 0.3) is 5.91 Å². The van der Waals surface area contributed by atoms with Gasteiger partial charge in [-0.15, -0.1) is 0 Å². The fourth-order valence-corrected chi connectivity index (χ4v) is 5.35. The fraction of sp³-hybridized carbons (Fsp3) is 0.250. The van der Waals surface area contributed by atoms with Crippen molar-refractivity contribution in [2.24, 2.45) is 0 Å². The van der Waals surface area contributed by atoms with Gasteiger partial charge < -0.3 is 4.90 Å². The van der Waals surface area contributed by atoms with E-state index in [1.54, 1.807) is 31.9 Å². The Morgan fingerprint density at radius 1 is 0.973 bits per heavy atom. The molecule has 0 aliphatic carbocycles. The van der Waals surface area contributed by atoms with Gasteiger partial charge in [-0.1, -0.05) is 43.3 Å². The number of carbonyl (C=O) groups excluding carboxylic acids is 1. The second kappa shape index (κ2) is 8.99. The van der Waals surface area contributed by atoms with Gasteiger partial charge in [-0.25, -0.2) is 0 Å². The number of aryl methyl sites for hydroxylation is 1. The van der Waals surface area contributed by atoms with E-state index in [-0.39, 0.29) is 22.8 Å². The zero-order valence-corrected chi connectivity index (χ0v) is 21.4. The van der Waals surface area contributed by atoms with Crippen molar-refractivity contribution in [1.29, 1.82) is 0 Å². The molecule has 1 aliphatic rings. The molecule has 190 valence electrons. The molecule has 2 heterocycles. The number of amides is 1. The zero-order valence-electron chi connectivity index (χ0n) is 20.6. The Kier molecular flexibility index (Phi) is 6.06. The number of anilines is 2. The molecule has 1 saturated heterocycles. The lowest BCUT2D eigenvalue weighted by Crippen LogP contribution is -2.44. The van der Waals surface area contributed by atoms with Crippen LogP contribution in [-0.4, -0.2) is 26.3 Å². The van der Waals surface area contributed by atoms with Gasteiger partial charge in [0, 0.05) is 11.1 Å². The summed E-state index contributed by atoms with van der Waals surface area (Å²) in [6, 6.07) is 19.6. The van der Waals surface area contributed by atoms with Crippen LogP contribution in [-0.2, 0) is 23.9 Å². The largest absolute Gasteiger partial charge is 0.416 e. The molecule has 0 spiro atoms. The van der Waals surface area contributed by atoms with Crippen molar-refractivity contribution in [3.63, 3.8) is 0 Å². The molecule has 1 aromatic heterocycles. The molecule has 0 bridgehead atoms. The van der Waals surface area contributed by atoms with E-state index in [0.29, 0.717) is 12.2 Å². The third-order valence-electron chi connectivity index (χ3n) is 6.76. The molecule has 0 atom stereocenters. The van der Waals surface area contributed by atoms with Crippen LogP contribution in [0, 0.1) is 0 Å². The lowest BCUT2D eigenvalue weighted by atomic mass is 10.0. The Morgan fingerprint density at radius 3 is 2.35 bits per heavy atom. The number of hydrogen-bond acceptors (Lipinski definition) is 3. The molecule has 37 heavy (non-hydrogen) atoms. The predicted molar refractivity (Wildman–Crippen MR) is 143 cm³/mol. The van der Waals surface area contributed by atoms with Crippen LogP contribution in [0.15, 0.2) is 72.9 Å². The third kappa shape index (κ3) is 4.27. The molecule has 3 aromatic carbocycles. The quantitative estimate of drug-likeness (QED) is 0.278. The van der Waals surface area contributed by atoms with Gasteiger partial charge >= 0.3 is 6.18 Å². The van der Waals surface area contributed by atoms with Crippen molar-refractivity contribution in [2.45, 2.75) is 45.5 Å². The summed E-state index contributed by atoms with van der Waals surface area (Å²) >= 11 is 5.69. The average Bonchev–Trinajstić information content (AvgIpc) is 3.33. The smallest absolute Gasteiger partial charge is 0.304 e. The standard InChI is InChI=1S/C28H25F3N4OS/c1-4-19-10-11-21(15-23(19)28(29,30)31)34-25(36)27(2,3)35(26(34)37)22-12-13-24-20(14-22)16-32-33(24)17-18-8-6-5-7-9-18/h5-16H,4,17H2,1-3H3. The van der Waals surface area contributed by atoms with E-state index in [4.69, 9.17) is 12.2 Å². The molecular formula is C28H25F3N4OS. The van der Waals surface area contributed by atoms with E-state index in [2.05, 4.69) is 5.10 Å². The molecule has 1 aliphatic heterocycles. The Hall–Kier alpha value is -3.72. The minimum Gasteiger partial charge on any atom is -0.304 e. The number of thiocarbonyl (C=S) groups is 1. The molecule has 0 N–H and O–H groups in total. The van der Waals surface area contributed by atoms with Crippen molar-refractivity contribution >= 4 is 45.5 Å². The molecule has 0 radical (unpaired) electrons. The highest BCUT2D eigenvalue weighted by atomic mass is 32.1. The number of alkyl halides is 3. The number of halogens is 3. The van der Waals surface area contributed by atoms with E-state index >= 15 is 0 Å². The maximum atomic E-state index is 13.7. The van der Waals surface area contributed by atoms with Gasteiger partial charge in [0.2, 0.25) is 0 Å². The second-order valence-electron chi connectivity index (χ2n) is 9.54. The van der Waals surface area contributed by atoms with Crippen LogP contribution >= 0.6 is 12.2 Å². The van der Waals surface area contributed by atoms with Gasteiger partial charge in [0.1, 0.15) is 5.54 Å². The molecule has 1 fully saturated rings. The maximum Gasteiger partial charge on any atom is 0.416 e. The first-order chi connectivity index (χ1) is 17.5. The Balaban J connectivity index is 1.51. The summed E-state index contributed by atoms with van der Waals surface area (Å²) in [5, 5.41) is 5.52. The van der Waals surface area contributed by atoms with E-state index in [9.17, 15) is 18.0 Å². The number of nitrogens with zero attached hydrogens (tertiary/aromatic N) is 4. The van der Waals surface area contributed by atoms with E-state index in [0.717, 1.165) is 22.5 Å². The number of benzene rings is 3. The molecule has 1 amide bonds. The van der Waals surface area contributed by atoms with Crippen molar-refractivity contribution < 1.29 is 18.0 Å². The number of aromatic nitrogens is 2. The van der Waals surface area contributed by atoms with Crippen LogP contribution in [0.1, 0.15) is 37.5 Å². The Labute approximate surface area is 218 Å². The third-order valence-corrected chi connectivity index (χ3v) is 7.13. The zero-order chi connectivity index (χ0) is 26.5. The lowest BCUT2D eigenvalue weighted by molar-refractivity contribution is -0.138. The van der Waals surface area contributed by atoms with Crippen LogP contribution < -0.4 is 9.80 Å². The van der Waals surface area contributed by atoms with Crippen molar-refractivity contribution in [3.05, 3.63) is 89.6 Å². The summed E-state index contributed by atoms with van der Waals surface area (Å²) in [7, 11) is 0. The average molecular weight is 523 g/mol. The van der Waals surface area contributed by atoms with Gasteiger partial charge in [-0.05, 0) is 73.9 Å². The number of fused-ring (bicyclic) bond motifs is 1. The summed E-state index contributed by atoms with van der Waals surface area (Å²) < 4.78 is 43.1. The summed E-state index contributed by atoms with van der Waals surface area (Å²) in [4.78, 5) is 16.4. The second-order valence-corrected chi connectivity index (χ2v) is 9.91. The molecule has 0 unspecified atom stereocenters. The van der Waals surface area contributed by atoms with Crippen LogP contribution in [0.5, 0.6) is 0 Å². The highest BCUT2D eigenvalue weighted by molar-refractivity contribution is 7.81. The first-order valence-electron chi connectivity index (χ1n) is 11.9. The summed E-state index contributed by atoms with van der Waals surface area (Å²) in [5.74, 6) is -0.394. The van der Waals surface area contributed by atoms with Gasteiger partial charge in [-0.2, -0.15) is 18.3 Å². The summed E-state index contributed by atoms with van der Waals surface area (Å²) in [6.07, 6.45) is -2.55. The minimum atomic E-state index is -4.54.